The number of furan rings is 1. The van der Waals surface area contributed by atoms with Crippen LogP contribution < -0.4 is 9.64 Å². The van der Waals surface area contributed by atoms with Gasteiger partial charge in [-0.05, 0) is 54.4 Å². The fourth-order valence-corrected chi connectivity index (χ4v) is 4.02. The molecule has 0 fully saturated rings. The Morgan fingerprint density at radius 1 is 0.780 bits per heavy atom. The lowest BCUT2D eigenvalue weighted by atomic mass is 10.0. The lowest BCUT2D eigenvalue weighted by Crippen LogP contribution is -2.42. The van der Waals surface area contributed by atoms with Crippen LogP contribution in [0.1, 0.15) is 11.1 Å². The third-order valence-corrected chi connectivity index (χ3v) is 6.15. The molecule has 0 saturated heterocycles. The molecule has 1 N–H and O–H groups in total. The van der Waals surface area contributed by atoms with E-state index < -0.39 is 36.5 Å². The van der Waals surface area contributed by atoms with Gasteiger partial charge in [0.05, 0.1) is 12.8 Å². The van der Waals surface area contributed by atoms with E-state index in [1.54, 1.807) is 42.5 Å². The summed E-state index contributed by atoms with van der Waals surface area (Å²) in [6.07, 6.45) is -12.2. The van der Waals surface area contributed by atoms with Gasteiger partial charge < -0.3 is 19.2 Å². The summed E-state index contributed by atoms with van der Waals surface area (Å²) in [6.45, 7) is -1.16. The van der Waals surface area contributed by atoms with E-state index in [0.717, 1.165) is 16.5 Å². The molecule has 1 atom stereocenters. The first-order valence-electron chi connectivity index (χ1n) is 12.2. The number of hydrogen-bond acceptors (Lipinski definition) is 4. The summed E-state index contributed by atoms with van der Waals surface area (Å²) in [4.78, 5) is 1.15. The van der Waals surface area contributed by atoms with Crippen LogP contribution in [-0.4, -0.2) is 36.7 Å². The van der Waals surface area contributed by atoms with Gasteiger partial charge in [-0.1, -0.05) is 36.4 Å². The number of anilines is 1. The van der Waals surface area contributed by atoms with Crippen molar-refractivity contribution in [2.75, 3.05) is 18.0 Å². The predicted octanol–water partition coefficient (Wildman–Crippen LogP) is 8.37. The number of alkyl halides is 8. The molecule has 0 unspecified atom stereocenters. The smallest absolute Gasteiger partial charge is 0.458 e. The van der Waals surface area contributed by atoms with Crippen molar-refractivity contribution in [3.05, 3.63) is 102 Å². The van der Waals surface area contributed by atoms with Gasteiger partial charge in [0.15, 0.2) is 6.10 Å². The van der Waals surface area contributed by atoms with E-state index in [4.69, 9.17) is 9.15 Å². The lowest BCUT2D eigenvalue weighted by molar-refractivity contribution is -0.289. The molecule has 4 rings (SSSR count). The number of aliphatic hydroxyl groups excluding tert-OH is 1. The summed E-state index contributed by atoms with van der Waals surface area (Å²) < 4.78 is 117. The second-order valence-electron chi connectivity index (χ2n) is 9.13. The zero-order chi connectivity index (χ0) is 29.8. The Morgan fingerprint density at radius 3 is 2.12 bits per heavy atom. The van der Waals surface area contributed by atoms with Crippen molar-refractivity contribution in [3.63, 3.8) is 0 Å². The highest BCUT2D eigenvalue weighted by molar-refractivity contribution is 5.60. The zero-order valence-corrected chi connectivity index (χ0v) is 21.1. The average Bonchev–Trinajstić information content (AvgIpc) is 3.45. The molecule has 4 aromatic rings. The van der Waals surface area contributed by atoms with E-state index in [-0.39, 0.29) is 30.0 Å². The van der Waals surface area contributed by atoms with Gasteiger partial charge in [0.1, 0.15) is 17.3 Å². The van der Waals surface area contributed by atoms with Crippen LogP contribution in [0.3, 0.4) is 0 Å². The highest BCUT2D eigenvalue weighted by Gasteiger charge is 2.58. The number of nitrogens with zero attached hydrogens (tertiary/aromatic N) is 1. The summed E-state index contributed by atoms with van der Waals surface area (Å²) >= 11 is 0. The van der Waals surface area contributed by atoms with Crippen molar-refractivity contribution in [2.24, 2.45) is 0 Å². The molecule has 41 heavy (non-hydrogen) atoms. The van der Waals surface area contributed by atoms with Crippen molar-refractivity contribution in [1.82, 2.24) is 0 Å². The molecule has 0 saturated carbocycles. The maximum atomic E-state index is 13.8. The fraction of sp³-hybridized carbons (Fsp3) is 0.241. The van der Waals surface area contributed by atoms with E-state index in [2.05, 4.69) is 0 Å². The van der Waals surface area contributed by atoms with Crippen LogP contribution in [0, 0.1) is 0 Å². The van der Waals surface area contributed by atoms with Crippen LogP contribution >= 0.6 is 0 Å². The van der Waals surface area contributed by atoms with Crippen molar-refractivity contribution in [1.29, 1.82) is 0 Å². The summed E-state index contributed by atoms with van der Waals surface area (Å²) in [5.41, 5.74) is -0.321. The lowest BCUT2D eigenvalue weighted by Gasteiger charge is -2.29. The number of rotatable bonds is 10. The van der Waals surface area contributed by atoms with Gasteiger partial charge in [0.25, 0.3) is 0 Å². The van der Waals surface area contributed by atoms with Gasteiger partial charge in [-0.3, -0.25) is 0 Å². The largest absolute Gasteiger partial charge is 0.464 e. The standard InChI is InChI=1S/C29H23F8NO3/c30-27(31,29(35,36)37)21-7-1-5-19(15-21)12-13-38(18-26(39)28(32,33)34)22-8-3-10-24(17-22)41-23-9-2-6-20(16-23)25-11-4-14-40-25/h1-11,14-17,26,39H,12-13,18H2/t26-/m1/s1. The minimum absolute atomic E-state index is 0.0417. The number of benzene rings is 3. The van der Waals surface area contributed by atoms with Crippen molar-refractivity contribution >= 4 is 5.69 Å². The third-order valence-electron chi connectivity index (χ3n) is 6.15. The Morgan fingerprint density at radius 2 is 1.46 bits per heavy atom. The Balaban J connectivity index is 1.56. The van der Waals surface area contributed by atoms with E-state index in [0.29, 0.717) is 23.6 Å². The van der Waals surface area contributed by atoms with E-state index in [1.165, 1.54) is 30.5 Å². The Labute approximate surface area is 229 Å². The molecule has 0 aliphatic rings. The molecule has 0 aliphatic carbocycles. The number of halogens is 8. The maximum absolute atomic E-state index is 13.8. The first-order valence-corrected chi connectivity index (χ1v) is 12.2. The van der Waals surface area contributed by atoms with Crippen LogP contribution in [0.4, 0.5) is 40.8 Å². The molecule has 1 aromatic heterocycles. The van der Waals surface area contributed by atoms with Gasteiger partial charge in [0.2, 0.25) is 0 Å². The van der Waals surface area contributed by atoms with Gasteiger partial charge in [-0.15, -0.1) is 0 Å². The molecule has 0 aliphatic heterocycles. The quantitative estimate of drug-likeness (QED) is 0.190. The summed E-state index contributed by atoms with van der Waals surface area (Å²) in [5.74, 6) is -3.86. The number of ether oxygens (including phenoxy) is 1. The van der Waals surface area contributed by atoms with Gasteiger partial charge in [-0.2, -0.15) is 35.1 Å². The van der Waals surface area contributed by atoms with Crippen molar-refractivity contribution in [2.45, 2.75) is 30.8 Å². The molecule has 1 heterocycles. The summed E-state index contributed by atoms with van der Waals surface area (Å²) in [6, 6.07) is 19.9. The van der Waals surface area contributed by atoms with E-state index in [9.17, 15) is 40.2 Å². The molecule has 12 heteroatoms. The zero-order valence-electron chi connectivity index (χ0n) is 21.1. The predicted molar refractivity (Wildman–Crippen MR) is 135 cm³/mol. The molecule has 0 spiro atoms. The van der Waals surface area contributed by atoms with Crippen LogP contribution in [0.5, 0.6) is 11.5 Å². The first-order chi connectivity index (χ1) is 19.2. The molecule has 0 amide bonds. The Kier molecular flexibility index (Phi) is 8.62. The van der Waals surface area contributed by atoms with E-state index in [1.807, 2.05) is 0 Å². The SMILES string of the molecule is O[C@H](CN(CCc1cccc(C(F)(F)C(F)(F)F)c1)c1cccc(Oc2cccc(-c3ccco3)c2)c1)C(F)(F)F. The highest BCUT2D eigenvalue weighted by Crippen LogP contribution is 2.44. The third kappa shape index (κ3) is 7.37. The summed E-state index contributed by atoms with van der Waals surface area (Å²) in [7, 11) is 0. The minimum Gasteiger partial charge on any atom is -0.464 e. The van der Waals surface area contributed by atoms with Crippen LogP contribution in [0.25, 0.3) is 11.3 Å². The van der Waals surface area contributed by atoms with Crippen LogP contribution in [0.15, 0.2) is 95.6 Å². The second-order valence-corrected chi connectivity index (χ2v) is 9.13. The topological polar surface area (TPSA) is 45.8 Å². The van der Waals surface area contributed by atoms with Gasteiger partial charge in [0, 0.05) is 29.4 Å². The Hall–Kier alpha value is -4.06. The molecule has 0 radical (unpaired) electrons. The van der Waals surface area contributed by atoms with Gasteiger partial charge in [-0.25, -0.2) is 0 Å². The first kappa shape index (κ1) is 29.9. The average molecular weight is 585 g/mol. The van der Waals surface area contributed by atoms with Crippen molar-refractivity contribution < 1.29 is 49.4 Å². The monoisotopic (exact) mass is 585 g/mol. The number of aliphatic hydroxyl groups is 1. The van der Waals surface area contributed by atoms with E-state index >= 15 is 0 Å². The Bertz CT molecular complexity index is 1430. The number of hydrogen-bond donors (Lipinski definition) is 1. The molecule has 4 nitrogen and oxygen atoms in total. The van der Waals surface area contributed by atoms with Gasteiger partial charge >= 0.3 is 18.3 Å². The van der Waals surface area contributed by atoms with Crippen molar-refractivity contribution in [3.8, 4) is 22.8 Å². The molecule has 3 aromatic carbocycles. The molecular weight excluding hydrogens is 562 g/mol. The molecule has 218 valence electrons. The van der Waals surface area contributed by atoms with Crippen LogP contribution in [0.2, 0.25) is 0 Å². The minimum atomic E-state index is -5.81. The summed E-state index contributed by atoms with van der Waals surface area (Å²) in [5, 5.41) is 9.75. The normalized spacial score (nSPS) is 13.2. The molecule has 0 bridgehead atoms. The second kappa shape index (κ2) is 11.8. The fourth-order valence-electron chi connectivity index (χ4n) is 4.02. The van der Waals surface area contributed by atoms with Crippen LogP contribution in [-0.2, 0) is 12.3 Å². The molecular formula is C29H23F8NO3. The highest BCUT2D eigenvalue weighted by atomic mass is 19.4. The maximum Gasteiger partial charge on any atom is 0.458 e.